The summed E-state index contributed by atoms with van der Waals surface area (Å²) in [5.74, 6) is 0.519. The molecule has 1 aliphatic carbocycles. The third kappa shape index (κ3) is 3.80. The van der Waals surface area contributed by atoms with Crippen LogP contribution in [0.1, 0.15) is 25.7 Å². The monoisotopic (exact) mass is 345 g/mol. The molecule has 1 aliphatic rings. The number of hydrogen-bond acceptors (Lipinski definition) is 5. The number of aliphatic hydroxyl groups is 2. The van der Waals surface area contributed by atoms with Crippen LogP contribution in [0.15, 0.2) is 15.5 Å². The maximum Gasteiger partial charge on any atom is 0.283 e. The topological polar surface area (TPSA) is 87.4 Å². The van der Waals surface area contributed by atoms with Crippen molar-refractivity contribution in [1.82, 2.24) is 9.78 Å². The van der Waals surface area contributed by atoms with Crippen molar-refractivity contribution in [3.63, 3.8) is 0 Å². The highest BCUT2D eigenvalue weighted by Crippen LogP contribution is 2.25. The summed E-state index contributed by atoms with van der Waals surface area (Å²) in [6, 6.07) is 0. The van der Waals surface area contributed by atoms with Crippen molar-refractivity contribution < 1.29 is 10.2 Å². The van der Waals surface area contributed by atoms with E-state index in [0.717, 1.165) is 32.2 Å². The average Bonchev–Trinajstić information content (AvgIpc) is 2.45. The van der Waals surface area contributed by atoms with Crippen LogP contribution in [0.3, 0.4) is 0 Å². The first-order valence-corrected chi connectivity index (χ1v) is 7.69. The lowest BCUT2D eigenvalue weighted by molar-refractivity contribution is 0.111. The van der Waals surface area contributed by atoms with Crippen molar-refractivity contribution in [3.8, 4) is 0 Å². The molecule has 1 fully saturated rings. The van der Waals surface area contributed by atoms with Crippen LogP contribution in [0.4, 0.5) is 5.69 Å². The van der Waals surface area contributed by atoms with Gasteiger partial charge in [-0.25, -0.2) is 4.68 Å². The van der Waals surface area contributed by atoms with Crippen molar-refractivity contribution >= 4 is 21.6 Å². The van der Waals surface area contributed by atoms with Gasteiger partial charge in [-0.2, -0.15) is 5.10 Å². The van der Waals surface area contributed by atoms with Gasteiger partial charge < -0.3 is 15.5 Å². The lowest BCUT2D eigenvalue weighted by atomic mass is 9.87. The van der Waals surface area contributed by atoms with Crippen molar-refractivity contribution in [2.24, 2.45) is 5.92 Å². The summed E-state index contributed by atoms with van der Waals surface area (Å²) in [5.41, 5.74) is 0.429. The van der Waals surface area contributed by atoms with Crippen LogP contribution in [0, 0.1) is 5.92 Å². The Hall–Kier alpha value is -0.920. The molecule has 20 heavy (non-hydrogen) atoms. The molecule has 1 heterocycles. The Morgan fingerprint density at radius 2 is 2.10 bits per heavy atom. The Kier molecular flexibility index (Phi) is 5.56. The molecule has 0 amide bonds. The predicted molar refractivity (Wildman–Crippen MR) is 79.7 cm³/mol. The van der Waals surface area contributed by atoms with Gasteiger partial charge in [-0.15, -0.1) is 0 Å². The number of aliphatic hydroxyl groups excluding tert-OH is 2. The third-order valence-corrected chi connectivity index (χ3v) is 4.46. The van der Waals surface area contributed by atoms with E-state index in [9.17, 15) is 9.90 Å². The van der Waals surface area contributed by atoms with Crippen LogP contribution in [-0.2, 0) is 6.54 Å². The van der Waals surface area contributed by atoms with Crippen LogP contribution >= 0.6 is 15.9 Å². The highest BCUT2D eigenvalue weighted by atomic mass is 79.9. The molecule has 0 atom stereocenters. The molecule has 6 nitrogen and oxygen atoms in total. The molecular formula is C13H20BrN3O3. The van der Waals surface area contributed by atoms with Gasteiger partial charge >= 0.3 is 0 Å². The number of nitrogens with zero attached hydrogens (tertiary/aromatic N) is 2. The minimum absolute atomic E-state index is 0.115. The van der Waals surface area contributed by atoms with Gasteiger partial charge in [-0.1, -0.05) is 0 Å². The number of nitrogens with one attached hydrogen (secondary N) is 1. The summed E-state index contributed by atoms with van der Waals surface area (Å²) in [4.78, 5) is 11.9. The summed E-state index contributed by atoms with van der Waals surface area (Å²) >= 11 is 3.28. The first-order valence-electron chi connectivity index (χ1n) is 6.90. The highest BCUT2D eigenvalue weighted by Gasteiger charge is 2.19. The number of aromatic nitrogens is 2. The fourth-order valence-corrected chi connectivity index (χ4v) is 2.89. The minimum atomic E-state index is -0.247. The van der Waals surface area contributed by atoms with Gasteiger partial charge in [0, 0.05) is 6.54 Å². The summed E-state index contributed by atoms with van der Waals surface area (Å²) in [7, 11) is 0. The quantitative estimate of drug-likeness (QED) is 0.739. The first-order chi connectivity index (χ1) is 9.61. The van der Waals surface area contributed by atoms with Gasteiger partial charge in [0.1, 0.15) is 4.47 Å². The third-order valence-electron chi connectivity index (χ3n) is 3.69. The van der Waals surface area contributed by atoms with E-state index in [0.29, 0.717) is 16.1 Å². The number of anilines is 1. The van der Waals surface area contributed by atoms with Crippen LogP contribution in [-0.4, -0.2) is 39.2 Å². The summed E-state index contributed by atoms with van der Waals surface area (Å²) in [6.07, 6.45) is 5.15. The molecule has 0 radical (unpaired) electrons. The zero-order chi connectivity index (χ0) is 14.5. The van der Waals surface area contributed by atoms with E-state index in [-0.39, 0.29) is 24.8 Å². The lowest BCUT2D eigenvalue weighted by Crippen LogP contribution is -2.27. The van der Waals surface area contributed by atoms with Gasteiger partial charge in [0.15, 0.2) is 0 Å². The van der Waals surface area contributed by atoms with Crippen molar-refractivity contribution in [2.75, 3.05) is 18.5 Å². The van der Waals surface area contributed by atoms with E-state index in [1.165, 1.54) is 4.68 Å². The summed E-state index contributed by atoms with van der Waals surface area (Å²) in [5, 5.41) is 25.6. The Bertz CT molecular complexity index is 498. The maximum absolute atomic E-state index is 11.9. The van der Waals surface area contributed by atoms with Crippen LogP contribution in [0.5, 0.6) is 0 Å². The molecule has 0 aromatic carbocycles. The largest absolute Gasteiger partial charge is 0.394 e. The smallest absolute Gasteiger partial charge is 0.283 e. The van der Waals surface area contributed by atoms with E-state index in [1.54, 1.807) is 6.20 Å². The molecule has 0 saturated heterocycles. The van der Waals surface area contributed by atoms with Crippen LogP contribution < -0.4 is 10.9 Å². The fourth-order valence-electron chi connectivity index (χ4n) is 2.45. The van der Waals surface area contributed by atoms with E-state index < -0.39 is 0 Å². The molecule has 0 bridgehead atoms. The Morgan fingerprint density at radius 1 is 1.40 bits per heavy atom. The zero-order valence-electron chi connectivity index (χ0n) is 11.3. The first kappa shape index (κ1) is 15.5. The van der Waals surface area contributed by atoms with E-state index in [4.69, 9.17) is 5.11 Å². The van der Waals surface area contributed by atoms with Gasteiger partial charge in [0.05, 0.1) is 31.1 Å². The predicted octanol–water partition coefficient (Wildman–Crippen LogP) is 0.961. The normalized spacial score (nSPS) is 22.8. The SMILES string of the molecule is O=c1c(Br)c(NCC2CCC(O)CC2)cnn1CCO. The zero-order valence-corrected chi connectivity index (χ0v) is 12.8. The molecular weight excluding hydrogens is 326 g/mol. The molecule has 0 unspecified atom stereocenters. The molecule has 0 aliphatic heterocycles. The van der Waals surface area contributed by atoms with Crippen molar-refractivity contribution in [1.29, 1.82) is 0 Å². The fraction of sp³-hybridized carbons (Fsp3) is 0.692. The van der Waals surface area contributed by atoms with E-state index in [1.807, 2.05) is 0 Å². The van der Waals surface area contributed by atoms with Gasteiger partial charge in [-0.3, -0.25) is 4.79 Å². The Labute approximate surface area is 125 Å². The number of halogens is 1. The second-order valence-electron chi connectivity index (χ2n) is 5.18. The molecule has 112 valence electrons. The minimum Gasteiger partial charge on any atom is -0.394 e. The lowest BCUT2D eigenvalue weighted by Gasteiger charge is -2.25. The molecule has 2 rings (SSSR count). The van der Waals surface area contributed by atoms with Crippen molar-refractivity contribution in [2.45, 2.75) is 38.3 Å². The highest BCUT2D eigenvalue weighted by molar-refractivity contribution is 9.10. The second-order valence-corrected chi connectivity index (χ2v) is 5.97. The molecule has 3 N–H and O–H groups in total. The Balaban J connectivity index is 1.96. The second kappa shape index (κ2) is 7.19. The summed E-state index contributed by atoms with van der Waals surface area (Å²) < 4.78 is 1.67. The Morgan fingerprint density at radius 3 is 2.75 bits per heavy atom. The molecule has 0 spiro atoms. The van der Waals surface area contributed by atoms with Gasteiger partial charge in [0.25, 0.3) is 5.56 Å². The van der Waals surface area contributed by atoms with Gasteiger partial charge in [0.2, 0.25) is 0 Å². The van der Waals surface area contributed by atoms with Gasteiger partial charge in [-0.05, 0) is 47.5 Å². The standard InChI is InChI=1S/C13H20BrN3O3/c14-12-11(8-16-17(5-6-18)13(12)20)15-7-9-1-3-10(19)4-2-9/h8-10,15,18-19H,1-7H2. The molecule has 1 aromatic rings. The summed E-state index contributed by atoms with van der Waals surface area (Å²) in [6.45, 7) is 0.852. The van der Waals surface area contributed by atoms with Crippen LogP contribution in [0.25, 0.3) is 0 Å². The van der Waals surface area contributed by atoms with E-state index >= 15 is 0 Å². The number of rotatable bonds is 5. The average molecular weight is 346 g/mol. The molecule has 1 saturated carbocycles. The van der Waals surface area contributed by atoms with Crippen LogP contribution in [0.2, 0.25) is 0 Å². The van der Waals surface area contributed by atoms with E-state index in [2.05, 4.69) is 26.3 Å². The molecule has 1 aromatic heterocycles. The molecule has 7 heteroatoms. The number of hydrogen-bond donors (Lipinski definition) is 3. The van der Waals surface area contributed by atoms with Crippen molar-refractivity contribution in [3.05, 3.63) is 21.0 Å². The maximum atomic E-state index is 11.9.